The van der Waals surface area contributed by atoms with E-state index in [1.807, 2.05) is 29.2 Å². The van der Waals surface area contributed by atoms with Crippen LogP contribution in [-0.2, 0) is 26.0 Å². The van der Waals surface area contributed by atoms with Crippen LogP contribution in [0.15, 0.2) is 58.4 Å². The number of hydrogen-bond donors (Lipinski definition) is 2. The highest BCUT2D eigenvalue weighted by molar-refractivity contribution is 7.90. The number of para-hydroxylation sites is 1. The van der Waals surface area contributed by atoms with Crippen molar-refractivity contribution in [3.63, 3.8) is 0 Å². The molecule has 2 aromatic rings. The number of aliphatic imine (C=N–C) groups is 1. The Hall–Kier alpha value is -3.24. The Labute approximate surface area is 199 Å². The highest BCUT2D eigenvalue weighted by atomic mass is 32.2. The summed E-state index contributed by atoms with van der Waals surface area (Å²) in [7, 11) is -3.58. The molecule has 0 bridgehead atoms. The van der Waals surface area contributed by atoms with Crippen molar-refractivity contribution in [3.8, 4) is 0 Å². The topological polar surface area (TPSA) is 111 Å². The summed E-state index contributed by atoms with van der Waals surface area (Å²) in [6.45, 7) is 4.87. The van der Waals surface area contributed by atoms with Gasteiger partial charge in [-0.2, -0.15) is 0 Å². The van der Waals surface area contributed by atoms with Crippen LogP contribution in [0.2, 0.25) is 0 Å². The van der Waals surface area contributed by atoms with Gasteiger partial charge in [0.2, 0.25) is 11.8 Å². The Bertz CT molecular complexity index is 1200. The zero-order chi connectivity index (χ0) is 24.1. The highest BCUT2D eigenvalue weighted by Crippen LogP contribution is 2.22. The zero-order valence-electron chi connectivity index (χ0n) is 19.2. The molecule has 9 nitrogen and oxygen atoms in total. The normalized spacial score (nSPS) is 18.4. The fourth-order valence-corrected chi connectivity index (χ4v) is 5.42. The second-order valence-corrected chi connectivity index (χ2v) is 9.95. The van der Waals surface area contributed by atoms with Crippen molar-refractivity contribution in [1.82, 2.24) is 14.5 Å². The minimum absolute atomic E-state index is 0.0283. The molecule has 2 amide bonds. The van der Waals surface area contributed by atoms with Gasteiger partial charge in [0.25, 0.3) is 10.0 Å². The third kappa shape index (κ3) is 5.45. The lowest BCUT2D eigenvalue weighted by Gasteiger charge is -2.34. The maximum Gasteiger partial charge on any atom is 0.263 e. The van der Waals surface area contributed by atoms with E-state index in [4.69, 9.17) is 0 Å². The van der Waals surface area contributed by atoms with Crippen LogP contribution in [-0.4, -0.2) is 75.1 Å². The van der Waals surface area contributed by atoms with E-state index in [1.165, 1.54) is 6.07 Å². The number of aryl methyl sites for hydroxylation is 1. The first-order valence-corrected chi connectivity index (χ1v) is 12.9. The maximum absolute atomic E-state index is 12.6. The van der Waals surface area contributed by atoms with Crippen LogP contribution in [0, 0.1) is 0 Å². The number of nitrogens with one attached hydrogen (secondary N) is 2. The smallest absolute Gasteiger partial charge is 0.263 e. The van der Waals surface area contributed by atoms with Crippen molar-refractivity contribution in [3.05, 3.63) is 59.7 Å². The number of carbonyl (C=O) groups excluding carboxylic acids is 2. The molecule has 0 radical (unpaired) electrons. The highest BCUT2D eigenvalue weighted by Gasteiger charge is 2.30. The Morgan fingerprint density at radius 2 is 1.74 bits per heavy atom. The van der Waals surface area contributed by atoms with Gasteiger partial charge in [-0.1, -0.05) is 37.3 Å². The van der Waals surface area contributed by atoms with E-state index in [-0.39, 0.29) is 42.1 Å². The standard InChI is InChI=1S/C24H29N5O4S/c1-2-18-7-3-5-9-20(18)26-22(30)17-28-13-15-29(16-14-28)23(31)11-12-25-24-19-8-4-6-10-21(19)34(32,33)27-24/h3-10H,2,11-17H2,1H3,(H,25,27)(H,26,30). The molecule has 2 N–H and O–H groups in total. The molecule has 2 aliphatic rings. The maximum atomic E-state index is 12.6. The summed E-state index contributed by atoms with van der Waals surface area (Å²) in [4.78, 5) is 33.4. The van der Waals surface area contributed by atoms with Crippen LogP contribution in [0.25, 0.3) is 0 Å². The number of fused-ring (bicyclic) bond motifs is 1. The molecule has 0 spiro atoms. The van der Waals surface area contributed by atoms with E-state index in [0.29, 0.717) is 31.7 Å². The van der Waals surface area contributed by atoms with Crippen LogP contribution in [0.5, 0.6) is 0 Å². The number of rotatable bonds is 7. The number of hydrogen-bond acceptors (Lipinski definition) is 6. The van der Waals surface area contributed by atoms with Gasteiger partial charge in [0.15, 0.2) is 0 Å². The fraction of sp³-hybridized carbons (Fsp3) is 0.375. The average Bonchev–Trinajstić information content (AvgIpc) is 3.10. The predicted molar refractivity (Wildman–Crippen MR) is 130 cm³/mol. The quantitative estimate of drug-likeness (QED) is 0.620. The lowest BCUT2D eigenvalue weighted by molar-refractivity contribution is -0.132. The fourth-order valence-electron chi connectivity index (χ4n) is 4.17. The van der Waals surface area contributed by atoms with Crippen LogP contribution in [0.4, 0.5) is 5.69 Å². The molecule has 2 aliphatic heterocycles. The number of sulfonamides is 1. The lowest BCUT2D eigenvalue weighted by atomic mass is 10.1. The SMILES string of the molecule is CCc1ccccc1NC(=O)CN1CCN(C(=O)CCN=C2NS(=O)(=O)c3ccccc32)CC1. The van der Waals surface area contributed by atoms with E-state index in [0.717, 1.165) is 17.7 Å². The van der Waals surface area contributed by atoms with Gasteiger partial charge in [0, 0.05) is 43.9 Å². The summed E-state index contributed by atoms with van der Waals surface area (Å²) in [5, 5.41) is 2.99. The number of nitrogens with zero attached hydrogens (tertiary/aromatic N) is 3. The van der Waals surface area contributed by atoms with Crippen molar-refractivity contribution >= 4 is 33.4 Å². The molecular weight excluding hydrogens is 454 g/mol. The molecule has 34 heavy (non-hydrogen) atoms. The van der Waals surface area contributed by atoms with E-state index in [2.05, 4.69) is 22.0 Å². The van der Waals surface area contributed by atoms with Gasteiger partial charge in [-0.25, -0.2) is 8.42 Å². The first-order valence-electron chi connectivity index (χ1n) is 11.4. The molecule has 0 saturated carbocycles. The van der Waals surface area contributed by atoms with Gasteiger partial charge in [-0.3, -0.25) is 24.2 Å². The van der Waals surface area contributed by atoms with Gasteiger partial charge in [-0.05, 0) is 30.2 Å². The van der Waals surface area contributed by atoms with Gasteiger partial charge in [-0.15, -0.1) is 0 Å². The second-order valence-electron chi connectivity index (χ2n) is 8.30. The van der Waals surface area contributed by atoms with Crippen LogP contribution < -0.4 is 10.0 Å². The van der Waals surface area contributed by atoms with Crippen molar-refractivity contribution in [1.29, 1.82) is 0 Å². The third-order valence-corrected chi connectivity index (χ3v) is 7.42. The average molecular weight is 484 g/mol. The van der Waals surface area contributed by atoms with E-state index < -0.39 is 10.0 Å². The molecule has 10 heteroatoms. The summed E-state index contributed by atoms with van der Waals surface area (Å²) in [5.74, 6) is 0.194. The zero-order valence-corrected chi connectivity index (χ0v) is 20.0. The summed E-state index contributed by atoms with van der Waals surface area (Å²) >= 11 is 0. The minimum Gasteiger partial charge on any atom is -0.340 e. The third-order valence-electron chi connectivity index (χ3n) is 6.02. The minimum atomic E-state index is -3.58. The molecule has 0 unspecified atom stereocenters. The molecule has 0 aliphatic carbocycles. The number of benzene rings is 2. The predicted octanol–water partition coefficient (Wildman–Crippen LogP) is 1.46. The lowest BCUT2D eigenvalue weighted by Crippen LogP contribution is -2.50. The molecule has 1 fully saturated rings. The van der Waals surface area contributed by atoms with E-state index >= 15 is 0 Å². The molecule has 2 heterocycles. The van der Waals surface area contributed by atoms with Crippen molar-refractivity contribution < 1.29 is 18.0 Å². The number of amides is 2. The van der Waals surface area contributed by atoms with Crippen molar-refractivity contribution in [2.45, 2.75) is 24.7 Å². The van der Waals surface area contributed by atoms with E-state index in [1.54, 1.807) is 23.1 Å². The van der Waals surface area contributed by atoms with Gasteiger partial charge >= 0.3 is 0 Å². The first-order chi connectivity index (χ1) is 16.4. The van der Waals surface area contributed by atoms with Gasteiger partial charge < -0.3 is 10.2 Å². The van der Waals surface area contributed by atoms with E-state index in [9.17, 15) is 18.0 Å². The monoisotopic (exact) mass is 483 g/mol. The van der Waals surface area contributed by atoms with Gasteiger partial charge in [0.05, 0.1) is 18.0 Å². The van der Waals surface area contributed by atoms with Crippen LogP contribution >= 0.6 is 0 Å². The summed E-state index contributed by atoms with van der Waals surface area (Å²) in [6.07, 6.45) is 1.04. The van der Waals surface area contributed by atoms with Crippen LogP contribution in [0.1, 0.15) is 24.5 Å². The summed E-state index contributed by atoms with van der Waals surface area (Å²) < 4.78 is 26.7. The Balaban J connectivity index is 1.23. The van der Waals surface area contributed by atoms with Crippen LogP contribution in [0.3, 0.4) is 0 Å². The Morgan fingerprint density at radius 1 is 1.03 bits per heavy atom. The van der Waals surface area contributed by atoms with Gasteiger partial charge in [0.1, 0.15) is 5.84 Å². The first kappa shape index (κ1) is 23.9. The molecular formula is C24H29N5O4S. The van der Waals surface area contributed by atoms with Crippen molar-refractivity contribution in [2.24, 2.45) is 4.99 Å². The summed E-state index contributed by atoms with van der Waals surface area (Å²) in [6, 6.07) is 14.4. The molecule has 1 saturated heterocycles. The number of anilines is 1. The second kappa shape index (κ2) is 10.4. The largest absolute Gasteiger partial charge is 0.340 e. The number of piperazine rings is 1. The number of carbonyl (C=O) groups is 2. The summed E-state index contributed by atoms with van der Waals surface area (Å²) in [5.41, 5.74) is 2.48. The molecule has 0 aromatic heterocycles. The molecule has 2 aromatic carbocycles. The molecule has 0 atom stereocenters. The Morgan fingerprint density at radius 3 is 2.50 bits per heavy atom. The number of amidine groups is 1. The Kier molecular flexibility index (Phi) is 7.28. The van der Waals surface area contributed by atoms with Crippen molar-refractivity contribution in [2.75, 3.05) is 44.6 Å². The molecule has 4 rings (SSSR count). The molecule has 180 valence electrons.